The van der Waals surface area contributed by atoms with E-state index in [1.54, 1.807) is 23.2 Å². The maximum Gasteiger partial charge on any atom is 0.263 e. The number of carbonyl (C=O) groups excluding carboxylic acids is 2. The first-order valence-electron chi connectivity index (χ1n) is 9.78. The lowest BCUT2D eigenvalue weighted by Crippen LogP contribution is -2.32. The van der Waals surface area contributed by atoms with E-state index in [2.05, 4.69) is 24.1 Å². The van der Waals surface area contributed by atoms with Gasteiger partial charge >= 0.3 is 0 Å². The summed E-state index contributed by atoms with van der Waals surface area (Å²) in [5, 5.41) is 2.94. The fourth-order valence-corrected chi connectivity index (χ4v) is 3.13. The molecule has 2 aromatic rings. The van der Waals surface area contributed by atoms with Crippen LogP contribution in [0.5, 0.6) is 11.6 Å². The minimum absolute atomic E-state index is 0.0192. The number of hydrogen-bond acceptors (Lipinski definition) is 4. The van der Waals surface area contributed by atoms with Gasteiger partial charge in [0.15, 0.2) is 5.75 Å². The summed E-state index contributed by atoms with van der Waals surface area (Å²) in [5.74, 6) is 1.33. The number of amides is 2. The molecule has 28 heavy (non-hydrogen) atoms. The molecule has 0 saturated carbocycles. The molecule has 1 aromatic heterocycles. The lowest BCUT2D eigenvalue weighted by atomic mass is 10.1. The number of benzene rings is 1. The predicted molar refractivity (Wildman–Crippen MR) is 109 cm³/mol. The van der Waals surface area contributed by atoms with Crippen molar-refractivity contribution in [2.45, 2.75) is 40.0 Å². The van der Waals surface area contributed by atoms with E-state index in [9.17, 15) is 9.59 Å². The van der Waals surface area contributed by atoms with Gasteiger partial charge in [-0.1, -0.05) is 19.9 Å². The summed E-state index contributed by atoms with van der Waals surface area (Å²) in [7, 11) is 0. The molecule has 0 saturated heterocycles. The van der Waals surface area contributed by atoms with Crippen LogP contribution in [0.3, 0.4) is 0 Å². The fourth-order valence-electron chi connectivity index (χ4n) is 3.13. The summed E-state index contributed by atoms with van der Waals surface area (Å²) in [5.41, 5.74) is 2.17. The van der Waals surface area contributed by atoms with Gasteiger partial charge in [0.1, 0.15) is 5.56 Å². The molecule has 1 aliphatic rings. The Morgan fingerprint density at radius 3 is 2.89 bits per heavy atom. The smallest absolute Gasteiger partial charge is 0.263 e. The lowest BCUT2D eigenvalue weighted by Gasteiger charge is -2.22. The van der Waals surface area contributed by atoms with Gasteiger partial charge in [0.2, 0.25) is 11.8 Å². The average molecular weight is 381 g/mol. The van der Waals surface area contributed by atoms with Crippen LogP contribution in [0.2, 0.25) is 0 Å². The van der Waals surface area contributed by atoms with E-state index < -0.39 is 0 Å². The van der Waals surface area contributed by atoms with E-state index in [0.29, 0.717) is 54.7 Å². The number of fused-ring (bicyclic) bond motifs is 2. The van der Waals surface area contributed by atoms with Crippen LogP contribution in [0.4, 0.5) is 5.69 Å². The standard InChI is InChI=1S/C22H27N3O3/c1-15(2)10-12-23-20(26)7-5-13-25-18-14-16(3)8-9-19(18)28-21-17(22(25)27)6-4-11-24-21/h4,6,8-9,11,14-15H,5,7,10,12-13H2,1-3H3,(H,23,26). The van der Waals surface area contributed by atoms with Gasteiger partial charge in [-0.15, -0.1) is 0 Å². The number of hydrogen-bond donors (Lipinski definition) is 1. The highest BCUT2D eigenvalue weighted by Crippen LogP contribution is 2.38. The molecule has 1 aliphatic heterocycles. The van der Waals surface area contributed by atoms with Crippen molar-refractivity contribution in [1.29, 1.82) is 0 Å². The number of anilines is 1. The molecule has 3 rings (SSSR count). The monoisotopic (exact) mass is 381 g/mol. The molecular formula is C22H27N3O3. The number of pyridine rings is 1. The third kappa shape index (κ3) is 4.68. The van der Waals surface area contributed by atoms with E-state index in [4.69, 9.17) is 4.74 Å². The number of aromatic nitrogens is 1. The topological polar surface area (TPSA) is 71.5 Å². The molecule has 0 spiro atoms. The van der Waals surface area contributed by atoms with Crippen molar-refractivity contribution in [1.82, 2.24) is 10.3 Å². The maximum atomic E-state index is 13.1. The zero-order chi connectivity index (χ0) is 20.1. The Hall–Kier alpha value is -2.89. The fraction of sp³-hybridized carbons (Fsp3) is 0.409. The molecule has 6 nitrogen and oxygen atoms in total. The van der Waals surface area contributed by atoms with Crippen LogP contribution in [0.25, 0.3) is 0 Å². The molecule has 0 fully saturated rings. The first-order valence-corrected chi connectivity index (χ1v) is 9.78. The summed E-state index contributed by atoms with van der Waals surface area (Å²) in [6.07, 6.45) is 3.52. The SMILES string of the molecule is Cc1ccc2c(c1)N(CCCC(=O)NCCC(C)C)C(=O)c1cccnc1O2. The van der Waals surface area contributed by atoms with Crippen molar-refractivity contribution in [3.8, 4) is 11.6 Å². The molecule has 0 bridgehead atoms. The van der Waals surface area contributed by atoms with Gasteiger partial charge in [-0.2, -0.15) is 0 Å². The van der Waals surface area contributed by atoms with E-state index in [1.807, 2.05) is 25.1 Å². The molecule has 2 heterocycles. The Bertz CT molecular complexity index is 864. The average Bonchev–Trinajstić information content (AvgIpc) is 2.77. The van der Waals surface area contributed by atoms with E-state index in [1.165, 1.54) is 0 Å². The predicted octanol–water partition coefficient (Wildman–Crippen LogP) is 4.09. The second kappa shape index (κ2) is 8.87. The van der Waals surface area contributed by atoms with Crippen LogP contribution in [0.15, 0.2) is 36.5 Å². The normalized spacial score (nSPS) is 12.9. The van der Waals surface area contributed by atoms with Crippen molar-refractivity contribution in [3.05, 3.63) is 47.7 Å². The Morgan fingerprint density at radius 2 is 2.11 bits per heavy atom. The first-order chi connectivity index (χ1) is 13.5. The van der Waals surface area contributed by atoms with Gasteiger partial charge in [0.05, 0.1) is 5.69 Å². The minimum atomic E-state index is -0.160. The molecule has 1 N–H and O–H groups in total. The molecule has 6 heteroatoms. The van der Waals surface area contributed by atoms with Crippen LogP contribution in [0, 0.1) is 12.8 Å². The van der Waals surface area contributed by atoms with Crippen LogP contribution in [-0.2, 0) is 4.79 Å². The molecule has 0 radical (unpaired) electrons. The second-order valence-corrected chi connectivity index (χ2v) is 7.52. The van der Waals surface area contributed by atoms with Crippen molar-refractivity contribution in [3.63, 3.8) is 0 Å². The largest absolute Gasteiger partial charge is 0.436 e. The van der Waals surface area contributed by atoms with Gasteiger partial charge in [0.25, 0.3) is 5.91 Å². The minimum Gasteiger partial charge on any atom is -0.436 e. The van der Waals surface area contributed by atoms with Crippen molar-refractivity contribution >= 4 is 17.5 Å². The van der Waals surface area contributed by atoms with Gasteiger partial charge in [-0.05, 0) is 55.5 Å². The molecule has 2 amide bonds. The zero-order valence-corrected chi connectivity index (χ0v) is 16.7. The Labute approximate surface area is 165 Å². The Balaban J connectivity index is 1.73. The Kier molecular flexibility index (Phi) is 6.29. The van der Waals surface area contributed by atoms with Gasteiger partial charge in [0, 0.05) is 25.7 Å². The lowest BCUT2D eigenvalue weighted by molar-refractivity contribution is -0.121. The van der Waals surface area contributed by atoms with Crippen molar-refractivity contribution in [2.75, 3.05) is 18.0 Å². The van der Waals surface area contributed by atoms with Crippen LogP contribution in [-0.4, -0.2) is 29.9 Å². The molecule has 0 atom stereocenters. The molecule has 0 aliphatic carbocycles. The van der Waals surface area contributed by atoms with E-state index in [-0.39, 0.29) is 11.8 Å². The Morgan fingerprint density at radius 1 is 1.29 bits per heavy atom. The highest BCUT2D eigenvalue weighted by atomic mass is 16.5. The molecule has 1 aromatic carbocycles. The van der Waals surface area contributed by atoms with Crippen LogP contribution >= 0.6 is 0 Å². The molecule has 148 valence electrons. The number of ether oxygens (including phenoxy) is 1. The molecule has 0 unspecified atom stereocenters. The van der Waals surface area contributed by atoms with E-state index >= 15 is 0 Å². The summed E-state index contributed by atoms with van der Waals surface area (Å²) in [6, 6.07) is 9.17. The van der Waals surface area contributed by atoms with Crippen LogP contribution in [0.1, 0.15) is 49.0 Å². The maximum absolute atomic E-state index is 13.1. The second-order valence-electron chi connectivity index (χ2n) is 7.52. The highest BCUT2D eigenvalue weighted by molar-refractivity contribution is 6.09. The quantitative estimate of drug-likeness (QED) is 0.784. The number of aryl methyl sites for hydroxylation is 1. The zero-order valence-electron chi connectivity index (χ0n) is 16.7. The van der Waals surface area contributed by atoms with Crippen molar-refractivity contribution in [2.24, 2.45) is 5.92 Å². The summed E-state index contributed by atoms with van der Waals surface area (Å²) in [4.78, 5) is 31.1. The summed E-state index contributed by atoms with van der Waals surface area (Å²) in [6.45, 7) is 7.36. The number of nitrogens with one attached hydrogen (secondary N) is 1. The number of nitrogens with zero attached hydrogens (tertiary/aromatic N) is 2. The van der Waals surface area contributed by atoms with E-state index in [0.717, 1.165) is 12.0 Å². The van der Waals surface area contributed by atoms with Gasteiger partial charge in [-0.3, -0.25) is 9.59 Å². The number of carbonyl (C=O) groups is 2. The van der Waals surface area contributed by atoms with Gasteiger partial charge in [-0.25, -0.2) is 4.98 Å². The summed E-state index contributed by atoms with van der Waals surface area (Å²) < 4.78 is 5.91. The number of rotatable bonds is 7. The van der Waals surface area contributed by atoms with Crippen LogP contribution < -0.4 is 15.0 Å². The van der Waals surface area contributed by atoms with Crippen molar-refractivity contribution < 1.29 is 14.3 Å². The summed E-state index contributed by atoms with van der Waals surface area (Å²) >= 11 is 0. The van der Waals surface area contributed by atoms with Gasteiger partial charge < -0.3 is 15.0 Å². The third-order valence-corrected chi connectivity index (χ3v) is 4.69. The molecular weight excluding hydrogens is 354 g/mol. The highest BCUT2D eigenvalue weighted by Gasteiger charge is 2.28. The first kappa shape index (κ1) is 19.9. The third-order valence-electron chi connectivity index (χ3n) is 4.69.